The molecular formula is C17H21N3O4. The molecule has 1 aromatic heterocycles. The molecule has 1 N–H and O–H groups in total. The molecule has 0 aliphatic carbocycles. The van der Waals surface area contributed by atoms with Gasteiger partial charge in [0.05, 0.1) is 6.04 Å². The van der Waals surface area contributed by atoms with Crippen LogP contribution in [0.1, 0.15) is 24.7 Å². The Kier molecular flexibility index (Phi) is 4.71. The Morgan fingerprint density at radius 3 is 2.83 bits per heavy atom. The Bertz CT molecular complexity index is 728. The van der Waals surface area contributed by atoms with E-state index in [-0.39, 0.29) is 18.7 Å². The van der Waals surface area contributed by atoms with E-state index in [0.29, 0.717) is 24.5 Å². The number of carbonyl (C=O) groups is 1. The first kappa shape index (κ1) is 16.3. The van der Waals surface area contributed by atoms with Crippen molar-refractivity contribution in [3.8, 4) is 11.5 Å². The average molecular weight is 331 g/mol. The molecular weight excluding hydrogens is 310 g/mol. The molecule has 0 radical (unpaired) electrons. The average Bonchev–Trinajstić information content (AvgIpc) is 3.16. The Labute approximate surface area is 140 Å². The molecule has 1 aromatic carbocycles. The fourth-order valence-corrected chi connectivity index (χ4v) is 2.77. The lowest BCUT2D eigenvalue weighted by atomic mass is 10.1. The zero-order valence-electron chi connectivity index (χ0n) is 14.0. The largest absolute Gasteiger partial charge is 0.454 e. The van der Waals surface area contributed by atoms with Gasteiger partial charge in [-0.05, 0) is 38.1 Å². The van der Waals surface area contributed by atoms with Crippen LogP contribution < -0.4 is 14.8 Å². The molecule has 2 aromatic rings. The molecule has 0 saturated heterocycles. The van der Waals surface area contributed by atoms with Gasteiger partial charge in [0.25, 0.3) is 0 Å². The molecule has 128 valence electrons. The maximum absolute atomic E-state index is 12.5. The number of nitrogens with zero attached hydrogens (tertiary/aromatic N) is 2. The van der Waals surface area contributed by atoms with Crippen molar-refractivity contribution in [1.82, 2.24) is 10.1 Å². The number of hydrogen-bond donors (Lipinski definition) is 1. The zero-order valence-corrected chi connectivity index (χ0v) is 14.0. The van der Waals surface area contributed by atoms with Crippen molar-refractivity contribution in [2.24, 2.45) is 0 Å². The summed E-state index contributed by atoms with van der Waals surface area (Å²) < 4.78 is 15.7. The Hall–Kier alpha value is -2.54. The highest BCUT2D eigenvalue weighted by molar-refractivity contribution is 5.93. The highest BCUT2D eigenvalue weighted by Gasteiger charge is 2.23. The second-order valence-corrected chi connectivity index (χ2v) is 5.84. The normalized spacial score (nSPS) is 14.0. The highest BCUT2D eigenvalue weighted by Crippen LogP contribution is 2.32. The lowest BCUT2D eigenvalue weighted by Gasteiger charge is -2.25. The van der Waals surface area contributed by atoms with E-state index in [0.717, 1.165) is 17.1 Å². The summed E-state index contributed by atoms with van der Waals surface area (Å²) in [6, 6.07) is 7.25. The molecule has 0 fully saturated rings. The smallest absolute Gasteiger partial charge is 0.242 e. The van der Waals surface area contributed by atoms with Gasteiger partial charge in [-0.2, -0.15) is 0 Å². The summed E-state index contributed by atoms with van der Waals surface area (Å²) in [7, 11) is 1.92. The second kappa shape index (κ2) is 6.92. The van der Waals surface area contributed by atoms with Crippen LogP contribution in [0.2, 0.25) is 0 Å². The number of nitrogens with one attached hydrogen (secondary N) is 1. The number of carbonyl (C=O) groups excluding carboxylic acids is 1. The third-order valence-electron chi connectivity index (χ3n) is 3.97. The van der Waals surface area contributed by atoms with Gasteiger partial charge in [-0.15, -0.1) is 0 Å². The lowest BCUT2D eigenvalue weighted by Crippen LogP contribution is -2.41. The minimum atomic E-state index is -0.271. The maximum Gasteiger partial charge on any atom is 0.242 e. The molecule has 1 atom stereocenters. The van der Waals surface area contributed by atoms with Gasteiger partial charge in [0.1, 0.15) is 5.76 Å². The predicted molar refractivity (Wildman–Crippen MR) is 88.0 cm³/mol. The minimum absolute atomic E-state index is 0.103. The van der Waals surface area contributed by atoms with Gasteiger partial charge in [-0.3, -0.25) is 9.69 Å². The van der Waals surface area contributed by atoms with E-state index in [2.05, 4.69) is 10.5 Å². The van der Waals surface area contributed by atoms with Crippen LogP contribution in [-0.2, 0) is 11.3 Å². The van der Waals surface area contributed by atoms with Crippen molar-refractivity contribution in [3.63, 3.8) is 0 Å². The SMILES string of the molecule is CCC(C(=O)Nc1cc(C)on1)N(C)Cc1ccc2c(c1)OCO2. The van der Waals surface area contributed by atoms with Gasteiger partial charge in [0, 0.05) is 12.6 Å². The van der Waals surface area contributed by atoms with Crippen LogP contribution in [0, 0.1) is 6.92 Å². The van der Waals surface area contributed by atoms with E-state index in [1.165, 1.54) is 0 Å². The van der Waals surface area contributed by atoms with Crippen LogP contribution in [0.25, 0.3) is 0 Å². The molecule has 24 heavy (non-hydrogen) atoms. The Morgan fingerprint density at radius 1 is 1.33 bits per heavy atom. The van der Waals surface area contributed by atoms with Crippen molar-refractivity contribution in [1.29, 1.82) is 0 Å². The molecule has 7 heteroatoms. The van der Waals surface area contributed by atoms with E-state index >= 15 is 0 Å². The number of fused-ring (bicyclic) bond motifs is 1. The third-order valence-corrected chi connectivity index (χ3v) is 3.97. The van der Waals surface area contributed by atoms with E-state index in [9.17, 15) is 4.79 Å². The van der Waals surface area contributed by atoms with Gasteiger partial charge in [0.2, 0.25) is 12.7 Å². The van der Waals surface area contributed by atoms with Crippen LogP contribution in [0.15, 0.2) is 28.8 Å². The first-order chi connectivity index (χ1) is 11.6. The first-order valence-electron chi connectivity index (χ1n) is 7.89. The van der Waals surface area contributed by atoms with E-state index in [1.54, 1.807) is 13.0 Å². The molecule has 0 saturated carbocycles. The van der Waals surface area contributed by atoms with Gasteiger partial charge < -0.3 is 19.3 Å². The van der Waals surface area contributed by atoms with Crippen molar-refractivity contribution < 1.29 is 18.8 Å². The standard InChI is InChI=1S/C17H21N3O4/c1-4-13(17(21)18-16-7-11(2)24-19-16)20(3)9-12-5-6-14-15(8-12)23-10-22-14/h5-8,13H,4,9-10H2,1-3H3,(H,18,19,21). The second-order valence-electron chi connectivity index (χ2n) is 5.84. The zero-order chi connectivity index (χ0) is 17.1. The number of likely N-dealkylation sites (N-methyl/N-ethyl adjacent to an activating group) is 1. The number of ether oxygens (including phenoxy) is 2. The summed E-state index contributed by atoms with van der Waals surface area (Å²) >= 11 is 0. The van der Waals surface area contributed by atoms with Crippen molar-refractivity contribution in [2.45, 2.75) is 32.9 Å². The molecule has 1 unspecified atom stereocenters. The van der Waals surface area contributed by atoms with E-state index in [4.69, 9.17) is 14.0 Å². The number of aromatic nitrogens is 1. The van der Waals surface area contributed by atoms with Gasteiger partial charge in [-0.25, -0.2) is 0 Å². The molecule has 1 amide bonds. The Morgan fingerprint density at radius 2 is 2.12 bits per heavy atom. The van der Waals surface area contributed by atoms with Crippen LogP contribution >= 0.6 is 0 Å². The van der Waals surface area contributed by atoms with Crippen LogP contribution in [0.3, 0.4) is 0 Å². The highest BCUT2D eigenvalue weighted by atomic mass is 16.7. The van der Waals surface area contributed by atoms with Crippen molar-refractivity contribution in [3.05, 3.63) is 35.6 Å². The quantitative estimate of drug-likeness (QED) is 0.876. The number of hydrogen-bond acceptors (Lipinski definition) is 6. The lowest BCUT2D eigenvalue weighted by molar-refractivity contribution is -0.121. The van der Waals surface area contributed by atoms with Crippen LogP contribution in [0.5, 0.6) is 11.5 Å². The number of anilines is 1. The molecule has 0 bridgehead atoms. The summed E-state index contributed by atoms with van der Waals surface area (Å²) in [5.74, 6) is 2.50. The molecule has 1 aliphatic heterocycles. The summed E-state index contributed by atoms with van der Waals surface area (Å²) in [4.78, 5) is 14.5. The van der Waals surface area contributed by atoms with Gasteiger partial charge in [0.15, 0.2) is 17.3 Å². The molecule has 1 aliphatic rings. The predicted octanol–water partition coefficient (Wildman–Crippen LogP) is 2.56. The Balaban J connectivity index is 1.65. The third kappa shape index (κ3) is 3.51. The maximum atomic E-state index is 12.5. The molecule has 7 nitrogen and oxygen atoms in total. The monoisotopic (exact) mass is 331 g/mol. The number of amides is 1. The summed E-state index contributed by atoms with van der Waals surface area (Å²) in [5, 5.41) is 6.59. The number of benzene rings is 1. The number of rotatable bonds is 6. The molecule has 0 spiro atoms. The van der Waals surface area contributed by atoms with Gasteiger partial charge in [-0.1, -0.05) is 18.1 Å². The summed E-state index contributed by atoms with van der Waals surface area (Å²) in [5.41, 5.74) is 1.06. The molecule has 3 rings (SSSR count). The van der Waals surface area contributed by atoms with E-state index < -0.39 is 0 Å². The number of aryl methyl sites for hydroxylation is 1. The van der Waals surface area contributed by atoms with Gasteiger partial charge >= 0.3 is 0 Å². The molecule has 2 heterocycles. The van der Waals surface area contributed by atoms with Crippen molar-refractivity contribution >= 4 is 11.7 Å². The summed E-state index contributed by atoms with van der Waals surface area (Å²) in [6.45, 7) is 4.65. The summed E-state index contributed by atoms with van der Waals surface area (Å²) in [6.07, 6.45) is 0.684. The van der Waals surface area contributed by atoms with Crippen LogP contribution in [-0.4, -0.2) is 35.8 Å². The minimum Gasteiger partial charge on any atom is -0.454 e. The first-order valence-corrected chi connectivity index (χ1v) is 7.89. The fourth-order valence-electron chi connectivity index (χ4n) is 2.77. The van der Waals surface area contributed by atoms with E-state index in [1.807, 2.05) is 37.1 Å². The van der Waals surface area contributed by atoms with Crippen molar-refractivity contribution in [2.75, 3.05) is 19.2 Å². The fraction of sp³-hybridized carbons (Fsp3) is 0.412. The topological polar surface area (TPSA) is 76.8 Å². The van der Waals surface area contributed by atoms with Crippen LogP contribution in [0.4, 0.5) is 5.82 Å².